The van der Waals surface area contributed by atoms with E-state index in [0.29, 0.717) is 10.7 Å². The average molecular weight is 570 g/mol. The van der Waals surface area contributed by atoms with E-state index in [4.69, 9.17) is 11.6 Å². The minimum atomic E-state index is -4.10. The lowest BCUT2D eigenvalue weighted by atomic mass is 10.1. The fourth-order valence-corrected chi connectivity index (χ4v) is 5.86. The molecule has 0 aliphatic rings. The van der Waals surface area contributed by atoms with Crippen LogP contribution in [0.3, 0.4) is 0 Å². The maximum absolute atomic E-state index is 14.0. The largest absolute Gasteiger partial charge is 0.352 e. The predicted molar refractivity (Wildman–Crippen MR) is 156 cm³/mol. The first-order valence-electron chi connectivity index (χ1n) is 12.9. The lowest BCUT2D eigenvalue weighted by molar-refractivity contribution is -0.139. The van der Waals surface area contributed by atoms with Crippen LogP contribution in [0.2, 0.25) is 5.02 Å². The van der Waals surface area contributed by atoms with Crippen LogP contribution in [0.25, 0.3) is 0 Å². The van der Waals surface area contributed by atoms with Crippen molar-refractivity contribution in [3.8, 4) is 0 Å². The van der Waals surface area contributed by atoms with Crippen molar-refractivity contribution < 1.29 is 18.0 Å². The summed E-state index contributed by atoms with van der Waals surface area (Å²) in [7, 11) is -4.10. The number of hydrogen-bond donors (Lipinski definition) is 1. The molecule has 0 spiro atoms. The van der Waals surface area contributed by atoms with Crippen molar-refractivity contribution in [2.45, 2.75) is 64.6 Å². The molecule has 0 heterocycles. The highest BCUT2D eigenvalue weighted by atomic mass is 35.5. The van der Waals surface area contributed by atoms with Crippen LogP contribution in [0.1, 0.15) is 43.9 Å². The molecular weight excluding hydrogens is 534 g/mol. The zero-order valence-electron chi connectivity index (χ0n) is 23.0. The molecule has 0 fully saturated rings. The number of carbonyl (C=O) groups excluding carboxylic acids is 2. The first-order chi connectivity index (χ1) is 18.4. The first kappa shape index (κ1) is 30.2. The van der Waals surface area contributed by atoms with Crippen LogP contribution >= 0.6 is 11.6 Å². The van der Waals surface area contributed by atoms with Crippen LogP contribution in [0.5, 0.6) is 0 Å². The number of sulfonamides is 1. The van der Waals surface area contributed by atoms with Gasteiger partial charge in [-0.25, -0.2) is 8.42 Å². The summed E-state index contributed by atoms with van der Waals surface area (Å²) >= 11 is 6.19. The summed E-state index contributed by atoms with van der Waals surface area (Å²) in [6.07, 6.45) is 0.733. The first-order valence-corrected chi connectivity index (χ1v) is 14.7. The van der Waals surface area contributed by atoms with Gasteiger partial charge < -0.3 is 10.2 Å². The zero-order valence-corrected chi connectivity index (χ0v) is 24.6. The van der Waals surface area contributed by atoms with Gasteiger partial charge in [0.05, 0.1) is 10.6 Å². The fraction of sp³-hybridized carbons (Fsp3) is 0.333. The minimum Gasteiger partial charge on any atom is -0.352 e. The van der Waals surface area contributed by atoms with E-state index in [-0.39, 0.29) is 23.4 Å². The van der Waals surface area contributed by atoms with Crippen molar-refractivity contribution in [3.05, 3.63) is 94.5 Å². The quantitative estimate of drug-likeness (QED) is 0.331. The van der Waals surface area contributed by atoms with Crippen molar-refractivity contribution in [1.29, 1.82) is 0 Å². The van der Waals surface area contributed by atoms with Crippen LogP contribution in [0.15, 0.2) is 77.7 Å². The Labute approximate surface area is 236 Å². The van der Waals surface area contributed by atoms with E-state index < -0.39 is 28.5 Å². The maximum Gasteiger partial charge on any atom is 0.264 e. The van der Waals surface area contributed by atoms with Crippen molar-refractivity contribution in [2.75, 3.05) is 10.8 Å². The summed E-state index contributed by atoms with van der Waals surface area (Å²) in [4.78, 5) is 28.6. The lowest BCUT2D eigenvalue weighted by Crippen LogP contribution is -2.52. The fourth-order valence-electron chi connectivity index (χ4n) is 4.22. The van der Waals surface area contributed by atoms with Crippen LogP contribution in [-0.2, 0) is 26.2 Å². The van der Waals surface area contributed by atoms with Crippen LogP contribution in [0, 0.1) is 13.8 Å². The molecule has 0 radical (unpaired) electrons. The van der Waals surface area contributed by atoms with E-state index in [9.17, 15) is 18.0 Å². The van der Waals surface area contributed by atoms with Gasteiger partial charge in [-0.3, -0.25) is 13.9 Å². The number of benzene rings is 3. The molecule has 0 saturated heterocycles. The third-order valence-corrected chi connectivity index (χ3v) is 8.54. The molecular formula is C30H36ClN3O4S. The average Bonchev–Trinajstić information content (AvgIpc) is 2.89. The van der Waals surface area contributed by atoms with E-state index in [0.717, 1.165) is 27.4 Å². The smallest absolute Gasteiger partial charge is 0.264 e. The third kappa shape index (κ3) is 7.83. The molecule has 0 unspecified atom stereocenters. The molecule has 9 heteroatoms. The molecule has 0 aliphatic carbocycles. The monoisotopic (exact) mass is 569 g/mol. The normalized spacial score (nSPS) is 12.9. The van der Waals surface area contributed by atoms with Gasteiger partial charge >= 0.3 is 0 Å². The molecule has 0 saturated carbocycles. The Morgan fingerprint density at radius 2 is 1.56 bits per heavy atom. The molecule has 2 amide bonds. The Kier molecular flexibility index (Phi) is 10.2. The number of aryl methyl sites for hydroxylation is 2. The molecule has 2 atom stereocenters. The maximum atomic E-state index is 14.0. The van der Waals surface area contributed by atoms with Gasteiger partial charge in [0.15, 0.2) is 0 Å². The topological polar surface area (TPSA) is 86.8 Å². The summed E-state index contributed by atoms with van der Waals surface area (Å²) in [6, 6.07) is 19.5. The van der Waals surface area contributed by atoms with Crippen LogP contribution in [0.4, 0.5) is 5.69 Å². The van der Waals surface area contributed by atoms with Gasteiger partial charge in [-0.15, -0.1) is 0 Å². The van der Waals surface area contributed by atoms with Crippen molar-refractivity contribution in [2.24, 2.45) is 0 Å². The molecule has 0 aromatic heterocycles. The second-order valence-electron chi connectivity index (χ2n) is 9.82. The molecule has 3 aromatic rings. The number of nitrogens with one attached hydrogen (secondary N) is 1. The number of hydrogen-bond acceptors (Lipinski definition) is 4. The van der Waals surface area contributed by atoms with E-state index in [1.165, 1.54) is 17.0 Å². The Morgan fingerprint density at radius 3 is 2.15 bits per heavy atom. The van der Waals surface area contributed by atoms with E-state index >= 15 is 0 Å². The highest BCUT2D eigenvalue weighted by molar-refractivity contribution is 7.92. The second kappa shape index (κ2) is 13.1. The summed E-state index contributed by atoms with van der Waals surface area (Å²) < 4.78 is 28.8. The molecule has 0 bridgehead atoms. The summed E-state index contributed by atoms with van der Waals surface area (Å²) in [6.45, 7) is 8.84. The number of nitrogens with zero attached hydrogens (tertiary/aromatic N) is 2. The van der Waals surface area contributed by atoms with E-state index in [1.54, 1.807) is 55.5 Å². The van der Waals surface area contributed by atoms with Gasteiger partial charge in [0, 0.05) is 17.6 Å². The molecule has 208 valence electrons. The molecule has 39 heavy (non-hydrogen) atoms. The van der Waals surface area contributed by atoms with Crippen molar-refractivity contribution in [1.82, 2.24) is 10.2 Å². The Hall–Kier alpha value is -3.36. The number of rotatable bonds is 11. The van der Waals surface area contributed by atoms with Crippen molar-refractivity contribution in [3.63, 3.8) is 0 Å². The minimum absolute atomic E-state index is 0.0703. The molecule has 7 nitrogen and oxygen atoms in total. The molecule has 0 aliphatic heterocycles. The van der Waals surface area contributed by atoms with Gasteiger partial charge in [-0.1, -0.05) is 54.9 Å². The molecule has 1 N–H and O–H groups in total. The lowest BCUT2D eigenvalue weighted by Gasteiger charge is -2.32. The highest BCUT2D eigenvalue weighted by Crippen LogP contribution is 2.27. The number of amides is 2. The standard InChI is InChI=1S/C30H36ClN3O4S/c1-6-23(4)32-30(36)24(5)33(19-25-11-10-12-26(31)18-25)29(35)20-34(27-16-21(2)15-22(3)17-27)39(37,38)28-13-8-7-9-14-28/h7-18,23-24H,6,19-20H2,1-5H3,(H,32,36)/t23-,24-/m1/s1. The Balaban J connectivity index is 2.05. The van der Waals surface area contributed by atoms with E-state index in [1.807, 2.05) is 39.8 Å². The SMILES string of the molecule is CC[C@@H](C)NC(=O)[C@@H](C)N(Cc1cccc(Cl)c1)C(=O)CN(c1cc(C)cc(C)c1)S(=O)(=O)c1ccccc1. The summed E-state index contributed by atoms with van der Waals surface area (Å²) in [5, 5.41) is 3.43. The van der Waals surface area contributed by atoms with Gasteiger partial charge in [-0.05, 0) is 87.2 Å². The van der Waals surface area contributed by atoms with Crippen molar-refractivity contribution >= 4 is 39.1 Å². The van der Waals surface area contributed by atoms with Crippen LogP contribution < -0.4 is 9.62 Å². The predicted octanol–water partition coefficient (Wildman–Crippen LogP) is 5.48. The van der Waals surface area contributed by atoms with Gasteiger partial charge in [0.1, 0.15) is 12.6 Å². The molecule has 3 aromatic carbocycles. The van der Waals surface area contributed by atoms with Gasteiger partial charge in [-0.2, -0.15) is 0 Å². The summed E-state index contributed by atoms with van der Waals surface area (Å²) in [5.74, 6) is -0.830. The second-order valence-corrected chi connectivity index (χ2v) is 12.1. The third-order valence-electron chi connectivity index (χ3n) is 6.51. The number of halogens is 1. The highest BCUT2D eigenvalue weighted by Gasteiger charge is 2.33. The number of anilines is 1. The molecule has 3 rings (SSSR count). The van der Waals surface area contributed by atoms with E-state index in [2.05, 4.69) is 5.32 Å². The Bertz CT molecular complexity index is 1390. The Morgan fingerprint density at radius 1 is 0.923 bits per heavy atom. The van der Waals surface area contributed by atoms with Gasteiger partial charge in [0.25, 0.3) is 10.0 Å². The van der Waals surface area contributed by atoms with Crippen LogP contribution in [-0.4, -0.2) is 43.8 Å². The summed E-state index contributed by atoms with van der Waals surface area (Å²) in [5.41, 5.74) is 2.83. The van der Waals surface area contributed by atoms with Gasteiger partial charge in [0.2, 0.25) is 11.8 Å². The number of carbonyl (C=O) groups is 2. The zero-order chi connectivity index (χ0) is 28.7.